The summed E-state index contributed by atoms with van der Waals surface area (Å²) in [5.74, 6) is 1.52. The summed E-state index contributed by atoms with van der Waals surface area (Å²) < 4.78 is 6.97. The van der Waals surface area contributed by atoms with Crippen molar-refractivity contribution in [1.29, 1.82) is 0 Å². The van der Waals surface area contributed by atoms with Crippen molar-refractivity contribution in [3.05, 3.63) is 24.3 Å². The molecule has 0 spiro atoms. The van der Waals surface area contributed by atoms with Crippen molar-refractivity contribution >= 4 is 46.5 Å². The number of hydrogen-bond donors (Lipinski definition) is 1. The van der Waals surface area contributed by atoms with Crippen LogP contribution in [0.5, 0.6) is 5.75 Å². The number of ether oxygens (including phenoxy) is 1. The molecule has 0 saturated carbocycles. The lowest BCUT2D eigenvalue weighted by Gasteiger charge is -2.12. The van der Waals surface area contributed by atoms with Crippen LogP contribution in [0.4, 0.5) is 5.69 Å². The number of carbonyl (C=O) groups is 1. The highest BCUT2D eigenvalue weighted by atomic mass is 32.2. The normalized spacial score (nSPS) is 12.0. The molecule has 1 amide bonds. The van der Waals surface area contributed by atoms with Crippen molar-refractivity contribution in [2.24, 2.45) is 0 Å². The molecule has 0 aliphatic heterocycles. The Hall–Kier alpha value is -1.25. The first kappa shape index (κ1) is 17.1. The first-order chi connectivity index (χ1) is 10.6. The summed E-state index contributed by atoms with van der Waals surface area (Å²) in [5, 5.41) is 10.8. The molecule has 1 aromatic heterocycles. The molecule has 2 rings (SSSR count). The molecule has 0 saturated heterocycles. The summed E-state index contributed by atoms with van der Waals surface area (Å²) in [4.78, 5) is 12.3. The third-order valence-corrected chi connectivity index (χ3v) is 5.79. The van der Waals surface area contributed by atoms with Crippen LogP contribution in [0.25, 0.3) is 0 Å². The fourth-order valence-corrected chi connectivity index (χ4v) is 4.67. The van der Waals surface area contributed by atoms with Gasteiger partial charge in [0.25, 0.3) is 0 Å². The zero-order valence-corrected chi connectivity index (χ0v) is 15.0. The molecule has 1 aromatic carbocycles. The van der Waals surface area contributed by atoms with E-state index in [-0.39, 0.29) is 11.2 Å². The van der Waals surface area contributed by atoms with Gasteiger partial charge in [0.05, 0.1) is 18.0 Å². The highest BCUT2D eigenvalue weighted by molar-refractivity contribution is 8.03. The fraction of sp³-hybridized carbons (Fsp3) is 0.357. The van der Waals surface area contributed by atoms with Crippen LogP contribution in [0.2, 0.25) is 0 Å². The summed E-state index contributed by atoms with van der Waals surface area (Å²) in [5.41, 5.74) is 0.668. The van der Waals surface area contributed by atoms with Crippen LogP contribution in [0, 0.1) is 0 Å². The standard InChI is InChI=1S/C14H17N3O2S3/c1-4-20-13-16-17-14(22-13)21-9(2)12(18)15-10-7-5-6-8-11(10)19-3/h5-9H,4H2,1-3H3,(H,15,18)/t9-/m1/s1. The number of rotatable bonds is 7. The molecule has 8 heteroatoms. The molecule has 118 valence electrons. The molecule has 0 unspecified atom stereocenters. The van der Waals surface area contributed by atoms with Gasteiger partial charge in [0.1, 0.15) is 5.75 Å². The molecule has 1 N–H and O–H groups in total. The summed E-state index contributed by atoms with van der Waals surface area (Å²) in [7, 11) is 1.58. The van der Waals surface area contributed by atoms with Crippen LogP contribution >= 0.6 is 34.9 Å². The Morgan fingerprint density at radius 3 is 2.82 bits per heavy atom. The smallest absolute Gasteiger partial charge is 0.237 e. The van der Waals surface area contributed by atoms with Crippen molar-refractivity contribution in [3.8, 4) is 5.75 Å². The number of aromatic nitrogens is 2. The molecular formula is C14H17N3O2S3. The second kappa shape index (κ2) is 8.40. The topological polar surface area (TPSA) is 64.1 Å². The number of hydrogen-bond acceptors (Lipinski definition) is 7. The van der Waals surface area contributed by atoms with Gasteiger partial charge in [0.15, 0.2) is 8.68 Å². The predicted octanol–water partition coefficient (Wildman–Crippen LogP) is 3.78. The second-order valence-corrected chi connectivity index (χ2v) is 8.29. The van der Waals surface area contributed by atoms with E-state index in [1.165, 1.54) is 23.1 Å². The van der Waals surface area contributed by atoms with Gasteiger partial charge in [-0.15, -0.1) is 10.2 Å². The van der Waals surface area contributed by atoms with Crippen molar-refractivity contribution in [2.45, 2.75) is 27.8 Å². The predicted molar refractivity (Wildman–Crippen MR) is 93.2 cm³/mol. The lowest BCUT2D eigenvalue weighted by atomic mass is 10.3. The van der Waals surface area contributed by atoms with E-state index in [0.29, 0.717) is 11.4 Å². The van der Waals surface area contributed by atoms with E-state index in [1.54, 1.807) is 18.9 Å². The molecule has 1 heterocycles. The Morgan fingerprint density at radius 2 is 2.09 bits per heavy atom. The van der Waals surface area contributed by atoms with E-state index >= 15 is 0 Å². The van der Waals surface area contributed by atoms with Gasteiger partial charge in [-0.2, -0.15) is 0 Å². The third kappa shape index (κ3) is 4.62. The van der Waals surface area contributed by atoms with Gasteiger partial charge in [-0.05, 0) is 24.8 Å². The van der Waals surface area contributed by atoms with E-state index in [1.807, 2.05) is 31.2 Å². The average molecular weight is 356 g/mol. The lowest BCUT2D eigenvalue weighted by molar-refractivity contribution is -0.115. The Bertz CT molecular complexity index is 633. The number of para-hydroxylation sites is 2. The number of methoxy groups -OCH3 is 1. The Morgan fingerprint density at radius 1 is 1.36 bits per heavy atom. The minimum atomic E-state index is -0.266. The first-order valence-electron chi connectivity index (χ1n) is 6.71. The Balaban J connectivity index is 1.96. The van der Waals surface area contributed by atoms with E-state index in [4.69, 9.17) is 4.74 Å². The molecular weight excluding hydrogens is 338 g/mol. The quantitative estimate of drug-likeness (QED) is 0.763. The fourth-order valence-electron chi connectivity index (χ4n) is 1.61. The largest absolute Gasteiger partial charge is 0.495 e. The number of nitrogens with one attached hydrogen (secondary N) is 1. The summed E-state index contributed by atoms with van der Waals surface area (Å²) in [6.07, 6.45) is 0. The van der Waals surface area contributed by atoms with Crippen LogP contribution in [-0.2, 0) is 4.79 Å². The second-order valence-electron chi connectivity index (χ2n) is 4.22. The van der Waals surface area contributed by atoms with Gasteiger partial charge in [-0.1, -0.05) is 53.9 Å². The van der Waals surface area contributed by atoms with Gasteiger partial charge in [-0.3, -0.25) is 4.79 Å². The zero-order chi connectivity index (χ0) is 15.9. The maximum absolute atomic E-state index is 12.3. The van der Waals surface area contributed by atoms with Crippen molar-refractivity contribution in [2.75, 3.05) is 18.2 Å². The number of carbonyl (C=O) groups excluding carboxylic acids is 1. The minimum Gasteiger partial charge on any atom is -0.495 e. The van der Waals surface area contributed by atoms with Crippen LogP contribution in [-0.4, -0.2) is 34.2 Å². The van der Waals surface area contributed by atoms with Crippen molar-refractivity contribution in [3.63, 3.8) is 0 Å². The van der Waals surface area contributed by atoms with E-state index in [9.17, 15) is 4.79 Å². The number of amides is 1. The van der Waals surface area contributed by atoms with Gasteiger partial charge >= 0.3 is 0 Å². The zero-order valence-electron chi connectivity index (χ0n) is 12.5. The average Bonchev–Trinajstić information content (AvgIpc) is 2.95. The molecule has 2 aromatic rings. The van der Waals surface area contributed by atoms with E-state index in [0.717, 1.165) is 14.4 Å². The van der Waals surface area contributed by atoms with E-state index < -0.39 is 0 Å². The molecule has 0 bridgehead atoms. The summed E-state index contributed by atoms with van der Waals surface area (Å²) >= 11 is 4.58. The number of thioether (sulfide) groups is 2. The van der Waals surface area contributed by atoms with Crippen LogP contribution in [0.1, 0.15) is 13.8 Å². The lowest BCUT2D eigenvalue weighted by Crippen LogP contribution is -2.22. The minimum absolute atomic E-state index is 0.0885. The SMILES string of the molecule is CCSc1nnc(S[C@H](C)C(=O)Nc2ccccc2OC)s1. The molecule has 1 atom stereocenters. The number of benzene rings is 1. The molecule has 5 nitrogen and oxygen atoms in total. The van der Waals surface area contributed by atoms with Crippen molar-refractivity contribution < 1.29 is 9.53 Å². The van der Waals surface area contributed by atoms with Crippen LogP contribution < -0.4 is 10.1 Å². The van der Waals surface area contributed by atoms with Crippen LogP contribution in [0.3, 0.4) is 0 Å². The maximum atomic E-state index is 12.3. The third-order valence-electron chi connectivity index (χ3n) is 2.67. The van der Waals surface area contributed by atoms with Gasteiger partial charge in [-0.25, -0.2) is 0 Å². The van der Waals surface area contributed by atoms with Crippen LogP contribution in [0.15, 0.2) is 32.9 Å². The van der Waals surface area contributed by atoms with Gasteiger partial charge in [0, 0.05) is 0 Å². The molecule has 22 heavy (non-hydrogen) atoms. The Kier molecular flexibility index (Phi) is 6.53. The molecule has 0 aliphatic carbocycles. The van der Waals surface area contributed by atoms with E-state index in [2.05, 4.69) is 22.4 Å². The number of nitrogens with zero attached hydrogens (tertiary/aromatic N) is 2. The van der Waals surface area contributed by atoms with Gasteiger partial charge < -0.3 is 10.1 Å². The number of anilines is 1. The highest BCUT2D eigenvalue weighted by Gasteiger charge is 2.18. The Labute approximate surface area is 142 Å². The first-order valence-corrected chi connectivity index (χ1v) is 9.39. The molecule has 0 aliphatic rings. The van der Waals surface area contributed by atoms with Crippen molar-refractivity contribution in [1.82, 2.24) is 10.2 Å². The maximum Gasteiger partial charge on any atom is 0.237 e. The van der Waals surface area contributed by atoms with Gasteiger partial charge in [0.2, 0.25) is 5.91 Å². The molecule has 0 fully saturated rings. The summed E-state index contributed by atoms with van der Waals surface area (Å²) in [6.45, 7) is 3.92. The molecule has 0 radical (unpaired) electrons. The monoisotopic (exact) mass is 355 g/mol. The summed E-state index contributed by atoms with van der Waals surface area (Å²) in [6, 6.07) is 7.34. The highest BCUT2D eigenvalue weighted by Crippen LogP contribution is 2.32.